The lowest BCUT2D eigenvalue weighted by Crippen LogP contribution is -2.50. The summed E-state index contributed by atoms with van der Waals surface area (Å²) in [7, 11) is 0. The minimum atomic E-state index is -0.612. The Morgan fingerprint density at radius 1 is 1.10 bits per heavy atom. The lowest BCUT2D eigenvalue weighted by molar-refractivity contribution is -0.137. The van der Waals surface area contributed by atoms with Gasteiger partial charge in [-0.15, -0.1) is 11.8 Å². The fraction of sp³-hybridized carbons (Fsp3) is 0.286. The highest BCUT2D eigenvalue weighted by Crippen LogP contribution is 2.30. The van der Waals surface area contributed by atoms with Crippen LogP contribution in [0.25, 0.3) is 0 Å². The first kappa shape index (κ1) is 22.5. The maximum Gasteiger partial charge on any atom is 0.255 e. The molecule has 2 aromatic rings. The van der Waals surface area contributed by atoms with Gasteiger partial charge in [-0.25, -0.2) is 0 Å². The minimum absolute atomic E-state index is 0.161. The van der Waals surface area contributed by atoms with Crippen LogP contribution in [0.3, 0.4) is 0 Å². The molecule has 0 aliphatic carbocycles. The van der Waals surface area contributed by atoms with Crippen molar-refractivity contribution in [1.82, 2.24) is 9.80 Å². The summed E-state index contributed by atoms with van der Waals surface area (Å²) in [4.78, 5) is 41.5. The summed E-state index contributed by atoms with van der Waals surface area (Å²) in [5, 5.41) is 3.30. The van der Waals surface area contributed by atoms with Gasteiger partial charge < -0.3 is 15.1 Å². The van der Waals surface area contributed by atoms with Gasteiger partial charge in [0, 0.05) is 17.9 Å². The average molecular weight is 466 g/mol. The fourth-order valence-corrected chi connectivity index (χ4v) is 4.76. The van der Waals surface area contributed by atoms with Crippen molar-refractivity contribution in [3.05, 3.63) is 64.1 Å². The summed E-state index contributed by atoms with van der Waals surface area (Å²) in [6.45, 7) is 1.96. The standard InChI is InChI=1S/C21H21Cl2N3O3S/c1-2-25(11-18(27)24-19-15(22)9-6-10-16(19)23)21(29)17-12-30-13-26(17)20(28)14-7-4-3-5-8-14/h3-10,17H,2,11-13H2,1H3,(H,24,27)/t17-/m0/s1. The topological polar surface area (TPSA) is 69.7 Å². The zero-order valence-electron chi connectivity index (χ0n) is 16.3. The quantitative estimate of drug-likeness (QED) is 0.699. The lowest BCUT2D eigenvalue weighted by Gasteiger charge is -2.29. The molecule has 1 aliphatic rings. The molecule has 1 fully saturated rings. The minimum Gasteiger partial charge on any atom is -0.332 e. The van der Waals surface area contributed by atoms with Crippen LogP contribution in [0, 0.1) is 0 Å². The van der Waals surface area contributed by atoms with Crippen molar-refractivity contribution in [3.8, 4) is 0 Å². The van der Waals surface area contributed by atoms with Crippen molar-refractivity contribution in [2.75, 3.05) is 30.0 Å². The number of amides is 3. The second kappa shape index (κ2) is 10.2. The summed E-state index contributed by atoms with van der Waals surface area (Å²) in [5.74, 6) is 0.0656. The van der Waals surface area contributed by atoms with E-state index >= 15 is 0 Å². The Morgan fingerprint density at radius 2 is 1.77 bits per heavy atom. The molecule has 0 saturated carbocycles. The summed E-state index contributed by atoms with van der Waals surface area (Å²) in [6, 6.07) is 13.2. The van der Waals surface area contributed by atoms with Crippen molar-refractivity contribution in [2.24, 2.45) is 0 Å². The van der Waals surface area contributed by atoms with E-state index in [0.717, 1.165) is 0 Å². The average Bonchev–Trinajstić information content (AvgIpc) is 3.24. The molecule has 9 heteroatoms. The number of carbonyl (C=O) groups excluding carboxylic acids is 3. The van der Waals surface area contributed by atoms with Crippen LogP contribution in [0.15, 0.2) is 48.5 Å². The zero-order chi connectivity index (χ0) is 21.7. The van der Waals surface area contributed by atoms with Gasteiger partial charge in [0.05, 0.1) is 28.2 Å². The van der Waals surface area contributed by atoms with Crippen LogP contribution in [-0.2, 0) is 9.59 Å². The third-order valence-corrected chi connectivity index (χ3v) is 6.35. The Hall–Kier alpha value is -2.22. The SMILES string of the molecule is CCN(CC(=O)Nc1c(Cl)cccc1Cl)C(=O)[C@@H]1CSCN1C(=O)c1ccccc1. The summed E-state index contributed by atoms with van der Waals surface area (Å²) >= 11 is 13.7. The molecular formula is C21H21Cl2N3O3S. The monoisotopic (exact) mass is 465 g/mol. The third-order valence-electron chi connectivity index (χ3n) is 4.70. The molecule has 1 heterocycles. The molecule has 1 saturated heterocycles. The van der Waals surface area contributed by atoms with E-state index in [9.17, 15) is 14.4 Å². The predicted molar refractivity (Wildman–Crippen MR) is 121 cm³/mol. The molecule has 3 rings (SSSR count). The lowest BCUT2D eigenvalue weighted by atomic mass is 10.1. The largest absolute Gasteiger partial charge is 0.332 e. The summed E-state index contributed by atoms with van der Waals surface area (Å²) in [5.41, 5.74) is 0.846. The first-order valence-electron chi connectivity index (χ1n) is 9.38. The Balaban J connectivity index is 1.69. The number of rotatable bonds is 6. The van der Waals surface area contributed by atoms with E-state index in [4.69, 9.17) is 23.2 Å². The maximum atomic E-state index is 13.1. The number of anilines is 1. The van der Waals surface area contributed by atoms with E-state index < -0.39 is 11.9 Å². The maximum absolute atomic E-state index is 13.1. The fourth-order valence-electron chi connectivity index (χ4n) is 3.12. The number of para-hydroxylation sites is 1. The number of hydrogen-bond donors (Lipinski definition) is 1. The molecule has 0 unspecified atom stereocenters. The molecular weight excluding hydrogens is 445 g/mol. The molecule has 158 valence electrons. The number of likely N-dealkylation sites (N-methyl/N-ethyl adjacent to an activating group) is 1. The highest BCUT2D eigenvalue weighted by atomic mass is 35.5. The first-order valence-corrected chi connectivity index (χ1v) is 11.3. The number of halogens is 2. The van der Waals surface area contributed by atoms with Crippen molar-refractivity contribution >= 4 is 58.4 Å². The first-order chi connectivity index (χ1) is 14.4. The van der Waals surface area contributed by atoms with Gasteiger partial charge in [0.25, 0.3) is 5.91 Å². The van der Waals surface area contributed by atoms with Crippen LogP contribution in [0.4, 0.5) is 5.69 Å². The normalized spacial score (nSPS) is 15.7. The van der Waals surface area contributed by atoms with Gasteiger partial charge in [-0.1, -0.05) is 47.5 Å². The molecule has 0 aromatic heterocycles. The number of benzene rings is 2. The molecule has 0 radical (unpaired) electrons. The molecule has 6 nitrogen and oxygen atoms in total. The van der Waals surface area contributed by atoms with Gasteiger partial charge in [-0.3, -0.25) is 14.4 Å². The Kier molecular flexibility index (Phi) is 7.64. The number of nitrogens with one attached hydrogen (secondary N) is 1. The van der Waals surface area contributed by atoms with E-state index in [0.29, 0.717) is 39.5 Å². The molecule has 1 atom stereocenters. The Morgan fingerprint density at radius 3 is 2.40 bits per heavy atom. The molecule has 30 heavy (non-hydrogen) atoms. The van der Waals surface area contributed by atoms with Crippen LogP contribution in [0.5, 0.6) is 0 Å². The van der Waals surface area contributed by atoms with Crippen LogP contribution >= 0.6 is 35.0 Å². The van der Waals surface area contributed by atoms with Crippen LogP contribution in [0.2, 0.25) is 10.0 Å². The summed E-state index contributed by atoms with van der Waals surface area (Å²) < 4.78 is 0. The highest BCUT2D eigenvalue weighted by Gasteiger charge is 2.37. The van der Waals surface area contributed by atoms with Crippen molar-refractivity contribution in [1.29, 1.82) is 0 Å². The number of thioether (sulfide) groups is 1. The van der Waals surface area contributed by atoms with Crippen molar-refractivity contribution < 1.29 is 14.4 Å². The number of hydrogen-bond acceptors (Lipinski definition) is 4. The van der Waals surface area contributed by atoms with Crippen LogP contribution in [0.1, 0.15) is 17.3 Å². The van der Waals surface area contributed by atoms with E-state index in [1.54, 1.807) is 54.3 Å². The molecule has 0 bridgehead atoms. The zero-order valence-corrected chi connectivity index (χ0v) is 18.6. The van der Waals surface area contributed by atoms with E-state index in [1.165, 1.54) is 16.7 Å². The van der Waals surface area contributed by atoms with Gasteiger partial charge >= 0.3 is 0 Å². The van der Waals surface area contributed by atoms with E-state index in [1.807, 2.05) is 6.07 Å². The summed E-state index contributed by atoms with van der Waals surface area (Å²) in [6.07, 6.45) is 0. The second-order valence-electron chi connectivity index (χ2n) is 6.65. The molecule has 0 spiro atoms. The van der Waals surface area contributed by atoms with Gasteiger partial charge in [0.2, 0.25) is 11.8 Å². The van der Waals surface area contributed by atoms with Crippen LogP contribution < -0.4 is 5.32 Å². The van der Waals surface area contributed by atoms with Gasteiger partial charge in [-0.05, 0) is 31.2 Å². The Bertz CT molecular complexity index is 922. The highest BCUT2D eigenvalue weighted by molar-refractivity contribution is 7.99. The molecule has 3 amide bonds. The number of nitrogens with zero attached hydrogens (tertiary/aromatic N) is 2. The van der Waals surface area contributed by atoms with Gasteiger partial charge in [0.15, 0.2) is 0 Å². The number of carbonyl (C=O) groups is 3. The molecule has 1 N–H and O–H groups in total. The molecule has 2 aromatic carbocycles. The van der Waals surface area contributed by atoms with E-state index in [-0.39, 0.29) is 18.4 Å². The van der Waals surface area contributed by atoms with Gasteiger partial charge in [-0.2, -0.15) is 0 Å². The molecule has 1 aliphatic heterocycles. The van der Waals surface area contributed by atoms with Crippen molar-refractivity contribution in [3.63, 3.8) is 0 Å². The smallest absolute Gasteiger partial charge is 0.255 e. The second-order valence-corrected chi connectivity index (χ2v) is 8.47. The predicted octanol–water partition coefficient (Wildman–Crippen LogP) is 4.00. The van der Waals surface area contributed by atoms with Crippen LogP contribution in [-0.4, -0.2) is 58.3 Å². The van der Waals surface area contributed by atoms with Crippen molar-refractivity contribution in [2.45, 2.75) is 13.0 Å². The third kappa shape index (κ3) is 5.09. The van der Waals surface area contributed by atoms with E-state index in [2.05, 4.69) is 5.32 Å². The van der Waals surface area contributed by atoms with Gasteiger partial charge in [0.1, 0.15) is 6.04 Å². The Labute approximate surface area is 189 Å².